The third kappa shape index (κ3) is 3.40. The van der Waals surface area contributed by atoms with Gasteiger partial charge in [0.1, 0.15) is 0 Å². The molecule has 0 spiro atoms. The van der Waals surface area contributed by atoms with Crippen LogP contribution in [0.3, 0.4) is 0 Å². The molecule has 100 valence electrons. The summed E-state index contributed by atoms with van der Waals surface area (Å²) in [6.45, 7) is 5.71. The van der Waals surface area contributed by atoms with Crippen LogP contribution in [0.2, 0.25) is 0 Å². The molecule has 1 aromatic heterocycles. The zero-order chi connectivity index (χ0) is 13.7. The van der Waals surface area contributed by atoms with Gasteiger partial charge in [0.2, 0.25) is 5.82 Å². The fourth-order valence-electron chi connectivity index (χ4n) is 1.77. The molecular formula is C12H19N3O3. The summed E-state index contributed by atoms with van der Waals surface area (Å²) in [5.41, 5.74) is 0.574. The maximum Gasteiger partial charge on any atom is 0.314 e. The average Bonchev–Trinajstić information content (AvgIpc) is 2.27. The third-order valence-electron chi connectivity index (χ3n) is 2.88. The highest BCUT2D eigenvalue weighted by Crippen LogP contribution is 2.27. The minimum absolute atomic E-state index is 0.00101. The zero-order valence-corrected chi connectivity index (χ0v) is 10.9. The molecule has 6 heteroatoms. The van der Waals surface area contributed by atoms with E-state index in [0.717, 1.165) is 0 Å². The number of hydrogen-bond acceptors (Lipinski definition) is 5. The van der Waals surface area contributed by atoms with E-state index in [1.807, 2.05) is 13.8 Å². The average molecular weight is 253 g/mol. The van der Waals surface area contributed by atoms with Crippen molar-refractivity contribution in [1.82, 2.24) is 4.98 Å². The first kappa shape index (κ1) is 14.4. The van der Waals surface area contributed by atoms with Gasteiger partial charge in [0.05, 0.1) is 4.92 Å². The molecule has 0 saturated heterocycles. The Bertz CT molecular complexity index is 421. The molecule has 0 radical (unpaired) electrons. The molecule has 0 aliphatic carbocycles. The molecule has 1 atom stereocenters. The summed E-state index contributed by atoms with van der Waals surface area (Å²) in [6.07, 6.45) is 2.07. The highest BCUT2D eigenvalue weighted by atomic mass is 16.6. The van der Waals surface area contributed by atoms with Crippen molar-refractivity contribution in [2.75, 3.05) is 11.9 Å². The number of anilines is 1. The summed E-state index contributed by atoms with van der Waals surface area (Å²) in [5, 5.41) is 23.1. The molecule has 2 N–H and O–H groups in total. The number of aromatic nitrogens is 1. The zero-order valence-electron chi connectivity index (χ0n) is 10.9. The number of hydrogen-bond donors (Lipinski definition) is 2. The Kier molecular flexibility index (Phi) is 5.03. The van der Waals surface area contributed by atoms with Crippen LogP contribution in [-0.2, 0) is 0 Å². The van der Waals surface area contributed by atoms with Crippen molar-refractivity contribution in [3.05, 3.63) is 27.9 Å². The summed E-state index contributed by atoms with van der Waals surface area (Å²) >= 11 is 0. The molecule has 0 aliphatic heterocycles. The van der Waals surface area contributed by atoms with Crippen molar-refractivity contribution < 1.29 is 10.0 Å². The van der Waals surface area contributed by atoms with Crippen LogP contribution >= 0.6 is 0 Å². The van der Waals surface area contributed by atoms with Crippen LogP contribution in [0.25, 0.3) is 0 Å². The van der Waals surface area contributed by atoms with Gasteiger partial charge in [-0.3, -0.25) is 10.1 Å². The second-order valence-corrected chi connectivity index (χ2v) is 4.59. The van der Waals surface area contributed by atoms with Gasteiger partial charge >= 0.3 is 5.69 Å². The van der Waals surface area contributed by atoms with Gasteiger partial charge in [0, 0.05) is 24.4 Å². The molecule has 1 unspecified atom stereocenters. The Labute approximate surface area is 106 Å². The predicted molar refractivity (Wildman–Crippen MR) is 69.6 cm³/mol. The first-order valence-electron chi connectivity index (χ1n) is 5.94. The van der Waals surface area contributed by atoms with Gasteiger partial charge < -0.3 is 10.4 Å². The largest absolute Gasteiger partial charge is 0.396 e. The molecule has 18 heavy (non-hydrogen) atoms. The summed E-state index contributed by atoms with van der Waals surface area (Å²) < 4.78 is 0. The van der Waals surface area contributed by atoms with E-state index in [-0.39, 0.29) is 30.1 Å². The maximum absolute atomic E-state index is 11.0. The number of nitrogens with zero attached hydrogens (tertiary/aromatic N) is 2. The Hall–Kier alpha value is -1.69. The van der Waals surface area contributed by atoms with E-state index in [9.17, 15) is 10.1 Å². The van der Waals surface area contributed by atoms with Crippen molar-refractivity contribution >= 4 is 11.5 Å². The topological polar surface area (TPSA) is 88.3 Å². The number of rotatable bonds is 6. The van der Waals surface area contributed by atoms with E-state index in [1.165, 1.54) is 0 Å². The van der Waals surface area contributed by atoms with E-state index in [4.69, 9.17) is 5.11 Å². The molecule has 1 heterocycles. The smallest absolute Gasteiger partial charge is 0.314 e. The van der Waals surface area contributed by atoms with Gasteiger partial charge in [0.15, 0.2) is 0 Å². The van der Waals surface area contributed by atoms with Crippen LogP contribution in [0.5, 0.6) is 0 Å². The lowest BCUT2D eigenvalue weighted by Crippen LogP contribution is -2.27. The lowest BCUT2D eigenvalue weighted by molar-refractivity contribution is -0.384. The Morgan fingerprint density at radius 2 is 2.22 bits per heavy atom. The van der Waals surface area contributed by atoms with E-state index < -0.39 is 4.92 Å². The van der Waals surface area contributed by atoms with Crippen molar-refractivity contribution in [2.45, 2.75) is 33.2 Å². The van der Waals surface area contributed by atoms with Gasteiger partial charge in [0.25, 0.3) is 0 Å². The minimum atomic E-state index is -0.430. The van der Waals surface area contributed by atoms with E-state index in [2.05, 4.69) is 10.3 Å². The van der Waals surface area contributed by atoms with Crippen LogP contribution < -0.4 is 5.32 Å². The number of nitrogens with one attached hydrogen (secondary N) is 1. The highest BCUT2D eigenvalue weighted by molar-refractivity contribution is 5.60. The summed E-state index contributed by atoms with van der Waals surface area (Å²) in [5.74, 6) is 0.520. The summed E-state index contributed by atoms with van der Waals surface area (Å²) in [6, 6.07) is 1.57. The van der Waals surface area contributed by atoms with Gasteiger partial charge in [-0.15, -0.1) is 0 Å². The predicted octanol–water partition coefficient (Wildman–Crippen LogP) is 2.12. The van der Waals surface area contributed by atoms with Gasteiger partial charge in [-0.25, -0.2) is 4.98 Å². The normalized spacial score (nSPS) is 12.5. The Morgan fingerprint density at radius 3 is 2.72 bits per heavy atom. The fraction of sp³-hybridized carbons (Fsp3) is 0.583. The lowest BCUT2D eigenvalue weighted by atomic mass is 10.0. The molecule has 6 nitrogen and oxygen atoms in total. The van der Waals surface area contributed by atoms with E-state index in [0.29, 0.717) is 12.0 Å². The van der Waals surface area contributed by atoms with E-state index >= 15 is 0 Å². The number of aliphatic hydroxyl groups is 1. The second-order valence-electron chi connectivity index (χ2n) is 4.59. The van der Waals surface area contributed by atoms with Crippen molar-refractivity contribution in [3.63, 3.8) is 0 Å². The maximum atomic E-state index is 11.0. The highest BCUT2D eigenvalue weighted by Gasteiger charge is 2.22. The van der Waals surface area contributed by atoms with Crippen molar-refractivity contribution in [1.29, 1.82) is 0 Å². The molecule has 0 aromatic carbocycles. The first-order valence-corrected chi connectivity index (χ1v) is 5.94. The monoisotopic (exact) mass is 253 g/mol. The quantitative estimate of drug-likeness (QED) is 0.598. The second kappa shape index (κ2) is 6.30. The van der Waals surface area contributed by atoms with Crippen LogP contribution in [0.4, 0.5) is 11.5 Å². The Morgan fingerprint density at radius 1 is 1.56 bits per heavy atom. The molecule has 0 aliphatic rings. The lowest BCUT2D eigenvalue weighted by Gasteiger charge is -2.22. The third-order valence-corrected chi connectivity index (χ3v) is 2.88. The molecule has 0 amide bonds. The van der Waals surface area contributed by atoms with Crippen LogP contribution in [0, 0.1) is 23.0 Å². The number of aryl methyl sites for hydroxylation is 1. The SMILES string of the molecule is Cc1ccnc(NC(CCO)C(C)C)c1[N+](=O)[O-]. The molecule has 0 saturated carbocycles. The van der Waals surface area contributed by atoms with Gasteiger partial charge in [-0.05, 0) is 25.3 Å². The van der Waals surface area contributed by atoms with Crippen LogP contribution in [0.15, 0.2) is 12.3 Å². The Balaban J connectivity index is 3.02. The van der Waals surface area contributed by atoms with E-state index in [1.54, 1.807) is 19.2 Å². The number of pyridine rings is 1. The molecule has 1 rings (SSSR count). The van der Waals surface area contributed by atoms with Crippen LogP contribution in [0.1, 0.15) is 25.8 Å². The molecule has 0 bridgehead atoms. The van der Waals surface area contributed by atoms with Crippen molar-refractivity contribution in [3.8, 4) is 0 Å². The summed E-state index contributed by atoms with van der Waals surface area (Å²) in [4.78, 5) is 14.6. The van der Waals surface area contributed by atoms with Crippen molar-refractivity contribution in [2.24, 2.45) is 5.92 Å². The summed E-state index contributed by atoms with van der Waals surface area (Å²) in [7, 11) is 0. The fourth-order valence-corrected chi connectivity index (χ4v) is 1.77. The van der Waals surface area contributed by atoms with Gasteiger partial charge in [-0.1, -0.05) is 13.8 Å². The molecule has 1 aromatic rings. The molecular weight excluding hydrogens is 234 g/mol. The standard InChI is InChI=1S/C12H19N3O3/c1-8(2)10(5-7-16)14-12-11(15(17)18)9(3)4-6-13-12/h4,6,8,10,16H,5,7H2,1-3H3,(H,13,14). The minimum Gasteiger partial charge on any atom is -0.396 e. The molecule has 0 fully saturated rings. The van der Waals surface area contributed by atoms with Gasteiger partial charge in [-0.2, -0.15) is 0 Å². The van der Waals surface area contributed by atoms with Crippen LogP contribution in [-0.4, -0.2) is 27.7 Å². The first-order chi connectivity index (χ1) is 8.47. The number of nitro groups is 1. The number of aliphatic hydroxyl groups excluding tert-OH is 1.